The topological polar surface area (TPSA) is 41.6 Å². The highest BCUT2D eigenvalue weighted by Crippen LogP contribution is 2.23. The summed E-state index contributed by atoms with van der Waals surface area (Å²) in [6.45, 7) is 4.35. The van der Waals surface area contributed by atoms with Crippen molar-refractivity contribution < 1.29 is 0 Å². The minimum absolute atomic E-state index is 0.498. The predicted molar refractivity (Wildman–Crippen MR) is 52.6 cm³/mol. The van der Waals surface area contributed by atoms with Gasteiger partial charge < -0.3 is 0 Å². The minimum atomic E-state index is 0.498. The summed E-state index contributed by atoms with van der Waals surface area (Å²) < 4.78 is 0. The van der Waals surface area contributed by atoms with Crippen LogP contribution in [-0.2, 0) is 0 Å². The molecule has 2 aromatic heterocycles. The molecule has 3 heteroatoms. The molecule has 0 spiro atoms. The number of nitrogens with one attached hydrogen (secondary N) is 1. The highest BCUT2D eigenvalue weighted by atomic mass is 15.1. The van der Waals surface area contributed by atoms with Gasteiger partial charge in [-0.25, -0.2) is 0 Å². The molecule has 0 fully saturated rings. The second-order valence-electron chi connectivity index (χ2n) is 3.34. The van der Waals surface area contributed by atoms with Crippen molar-refractivity contribution in [3.8, 4) is 0 Å². The van der Waals surface area contributed by atoms with Gasteiger partial charge in [0.2, 0.25) is 0 Å². The van der Waals surface area contributed by atoms with Crippen molar-refractivity contribution >= 4 is 10.9 Å². The van der Waals surface area contributed by atoms with Crippen LogP contribution < -0.4 is 0 Å². The number of hydrogen-bond donors (Lipinski definition) is 1. The first-order chi connectivity index (χ1) is 6.33. The molecule has 0 bridgehead atoms. The number of H-pyrrole nitrogens is 1. The van der Waals surface area contributed by atoms with Crippen LogP contribution in [-0.4, -0.2) is 15.2 Å². The van der Waals surface area contributed by atoms with Gasteiger partial charge in [-0.1, -0.05) is 13.8 Å². The molecule has 0 saturated heterocycles. The summed E-state index contributed by atoms with van der Waals surface area (Å²) in [7, 11) is 0. The van der Waals surface area contributed by atoms with Gasteiger partial charge in [0.15, 0.2) is 0 Å². The maximum Gasteiger partial charge on any atom is 0.0744 e. The van der Waals surface area contributed by atoms with Gasteiger partial charge in [-0.05, 0) is 12.5 Å². The van der Waals surface area contributed by atoms with Gasteiger partial charge in [-0.2, -0.15) is 5.10 Å². The van der Waals surface area contributed by atoms with Crippen LogP contribution in [0.3, 0.4) is 0 Å². The van der Waals surface area contributed by atoms with Crippen molar-refractivity contribution in [1.29, 1.82) is 0 Å². The number of aromatic amines is 1. The van der Waals surface area contributed by atoms with Gasteiger partial charge in [-0.3, -0.25) is 10.1 Å². The fourth-order valence-electron chi connectivity index (χ4n) is 1.45. The summed E-state index contributed by atoms with van der Waals surface area (Å²) in [6, 6.07) is 1.95. The van der Waals surface area contributed by atoms with Crippen LogP contribution in [0.15, 0.2) is 18.5 Å². The van der Waals surface area contributed by atoms with E-state index in [2.05, 4.69) is 29.0 Å². The molecule has 1 N–H and O–H groups in total. The van der Waals surface area contributed by atoms with E-state index in [1.807, 2.05) is 12.3 Å². The maximum absolute atomic E-state index is 4.30. The highest BCUT2D eigenvalue weighted by molar-refractivity contribution is 5.80. The first kappa shape index (κ1) is 8.23. The molecule has 0 amide bonds. The van der Waals surface area contributed by atoms with E-state index in [0.717, 1.165) is 23.0 Å². The zero-order valence-corrected chi connectivity index (χ0v) is 7.91. The average molecular weight is 175 g/mol. The monoisotopic (exact) mass is 175 g/mol. The van der Waals surface area contributed by atoms with Gasteiger partial charge in [0.25, 0.3) is 0 Å². The van der Waals surface area contributed by atoms with Crippen molar-refractivity contribution in [2.45, 2.75) is 26.2 Å². The molecular weight excluding hydrogens is 162 g/mol. The summed E-state index contributed by atoms with van der Waals surface area (Å²) in [4.78, 5) is 4.10. The number of pyridine rings is 1. The molecular formula is C10H13N3. The Kier molecular flexibility index (Phi) is 2.00. The van der Waals surface area contributed by atoms with E-state index >= 15 is 0 Å². The molecule has 1 unspecified atom stereocenters. The number of rotatable bonds is 2. The van der Waals surface area contributed by atoms with E-state index in [-0.39, 0.29) is 0 Å². The summed E-state index contributed by atoms with van der Waals surface area (Å²) >= 11 is 0. The molecule has 2 heterocycles. The summed E-state index contributed by atoms with van der Waals surface area (Å²) in [5.41, 5.74) is 2.20. The van der Waals surface area contributed by atoms with Gasteiger partial charge in [0.05, 0.1) is 11.2 Å². The SMILES string of the molecule is CCC(C)c1n[nH]c2ccncc12. The van der Waals surface area contributed by atoms with Crippen LogP contribution in [0.5, 0.6) is 0 Å². The number of nitrogens with zero attached hydrogens (tertiary/aromatic N) is 2. The molecule has 1 atom stereocenters. The van der Waals surface area contributed by atoms with Crippen molar-refractivity contribution in [2.75, 3.05) is 0 Å². The lowest BCUT2D eigenvalue weighted by molar-refractivity contribution is 0.708. The Morgan fingerprint density at radius 2 is 2.38 bits per heavy atom. The molecule has 2 rings (SSSR count). The average Bonchev–Trinajstić information content (AvgIpc) is 2.60. The Labute approximate surface area is 77.2 Å². The lowest BCUT2D eigenvalue weighted by Crippen LogP contribution is -1.91. The van der Waals surface area contributed by atoms with Gasteiger partial charge in [0, 0.05) is 23.7 Å². The molecule has 2 aromatic rings. The Hall–Kier alpha value is -1.38. The van der Waals surface area contributed by atoms with Crippen molar-refractivity contribution in [1.82, 2.24) is 15.2 Å². The van der Waals surface area contributed by atoms with Crippen LogP contribution in [0.2, 0.25) is 0 Å². The normalized spacial score (nSPS) is 13.4. The number of aromatic nitrogens is 3. The Bertz CT molecular complexity index is 405. The number of fused-ring (bicyclic) bond motifs is 1. The first-order valence-electron chi connectivity index (χ1n) is 4.61. The molecule has 0 aliphatic heterocycles. The van der Waals surface area contributed by atoms with Crippen molar-refractivity contribution in [3.05, 3.63) is 24.2 Å². The third-order valence-electron chi connectivity index (χ3n) is 2.47. The molecule has 0 aromatic carbocycles. The smallest absolute Gasteiger partial charge is 0.0744 e. The largest absolute Gasteiger partial charge is 0.277 e. The van der Waals surface area contributed by atoms with Gasteiger partial charge in [-0.15, -0.1) is 0 Å². The summed E-state index contributed by atoms with van der Waals surface area (Å²) in [5.74, 6) is 0.498. The molecule has 0 saturated carbocycles. The third-order valence-corrected chi connectivity index (χ3v) is 2.47. The Balaban J connectivity index is 2.57. The Morgan fingerprint density at radius 3 is 3.15 bits per heavy atom. The fourth-order valence-corrected chi connectivity index (χ4v) is 1.45. The van der Waals surface area contributed by atoms with Crippen LogP contribution in [0.1, 0.15) is 31.9 Å². The van der Waals surface area contributed by atoms with E-state index in [9.17, 15) is 0 Å². The Morgan fingerprint density at radius 1 is 1.54 bits per heavy atom. The van der Waals surface area contributed by atoms with E-state index in [1.165, 1.54) is 0 Å². The number of hydrogen-bond acceptors (Lipinski definition) is 2. The van der Waals surface area contributed by atoms with E-state index in [4.69, 9.17) is 0 Å². The quantitative estimate of drug-likeness (QED) is 0.761. The predicted octanol–water partition coefficient (Wildman–Crippen LogP) is 2.47. The molecule has 3 nitrogen and oxygen atoms in total. The lowest BCUT2D eigenvalue weighted by Gasteiger charge is -2.03. The van der Waals surface area contributed by atoms with E-state index in [1.54, 1.807) is 6.20 Å². The zero-order valence-electron chi connectivity index (χ0n) is 7.91. The van der Waals surface area contributed by atoms with E-state index in [0.29, 0.717) is 5.92 Å². The second kappa shape index (κ2) is 3.17. The minimum Gasteiger partial charge on any atom is -0.277 e. The van der Waals surface area contributed by atoms with Crippen molar-refractivity contribution in [2.24, 2.45) is 0 Å². The molecule has 0 radical (unpaired) electrons. The summed E-state index contributed by atoms with van der Waals surface area (Å²) in [5, 5.41) is 8.46. The van der Waals surface area contributed by atoms with Crippen LogP contribution >= 0.6 is 0 Å². The molecule has 68 valence electrons. The molecule has 13 heavy (non-hydrogen) atoms. The zero-order chi connectivity index (χ0) is 9.26. The van der Waals surface area contributed by atoms with Gasteiger partial charge in [0.1, 0.15) is 0 Å². The van der Waals surface area contributed by atoms with Crippen LogP contribution in [0, 0.1) is 0 Å². The third kappa shape index (κ3) is 1.30. The van der Waals surface area contributed by atoms with Crippen molar-refractivity contribution in [3.63, 3.8) is 0 Å². The van der Waals surface area contributed by atoms with Crippen LogP contribution in [0.25, 0.3) is 10.9 Å². The standard InChI is InChI=1S/C10H13N3/c1-3-7(2)10-8-6-11-5-4-9(8)12-13-10/h4-7H,3H2,1-2H3,(H,12,13). The summed E-state index contributed by atoms with van der Waals surface area (Å²) in [6.07, 6.45) is 4.76. The van der Waals surface area contributed by atoms with E-state index < -0.39 is 0 Å². The molecule has 0 aliphatic carbocycles. The second-order valence-corrected chi connectivity index (χ2v) is 3.34. The maximum atomic E-state index is 4.30. The lowest BCUT2D eigenvalue weighted by atomic mass is 10.0. The van der Waals surface area contributed by atoms with Gasteiger partial charge >= 0.3 is 0 Å². The molecule has 0 aliphatic rings. The fraction of sp³-hybridized carbons (Fsp3) is 0.400. The van der Waals surface area contributed by atoms with Crippen LogP contribution in [0.4, 0.5) is 0 Å². The highest BCUT2D eigenvalue weighted by Gasteiger charge is 2.10. The first-order valence-corrected chi connectivity index (χ1v) is 4.61.